The average molecular weight is 433 g/mol. The molecule has 160 valence electrons. The zero-order chi connectivity index (χ0) is 22.5. The number of nitrogens with one attached hydrogen (secondary N) is 1. The number of H-pyrrole nitrogens is 1. The average Bonchev–Trinajstić information content (AvgIpc) is 3.55. The molecule has 0 unspecified atom stereocenters. The Bertz CT molecular complexity index is 1620. The number of pyridine rings is 2. The molecule has 8 nitrogen and oxygen atoms in total. The molecule has 6 rings (SSSR count). The van der Waals surface area contributed by atoms with Crippen molar-refractivity contribution in [2.75, 3.05) is 7.11 Å². The summed E-state index contributed by atoms with van der Waals surface area (Å²) >= 11 is 0. The van der Waals surface area contributed by atoms with Crippen LogP contribution in [0, 0.1) is 6.92 Å². The zero-order valence-electron chi connectivity index (χ0n) is 18.3. The Morgan fingerprint density at radius 2 is 1.97 bits per heavy atom. The smallest absolute Gasteiger partial charge is 0.178 e. The lowest BCUT2D eigenvalue weighted by atomic mass is 10.1. The highest BCUT2D eigenvalue weighted by Crippen LogP contribution is 2.35. The van der Waals surface area contributed by atoms with E-state index in [-0.39, 0.29) is 0 Å². The summed E-state index contributed by atoms with van der Waals surface area (Å²) in [5, 5.41) is 0. The summed E-state index contributed by atoms with van der Waals surface area (Å²) < 4.78 is 7.40. The number of hydrogen-bond acceptors (Lipinski definition) is 6. The van der Waals surface area contributed by atoms with Crippen molar-refractivity contribution < 1.29 is 4.74 Å². The van der Waals surface area contributed by atoms with E-state index in [1.807, 2.05) is 67.2 Å². The summed E-state index contributed by atoms with van der Waals surface area (Å²) in [6.07, 6.45) is 3.59. The highest BCUT2D eigenvalue weighted by molar-refractivity contribution is 6.05. The van der Waals surface area contributed by atoms with Crippen LogP contribution in [0.25, 0.3) is 39.3 Å². The number of nitrogens with zero attached hydrogens (tertiary/aromatic N) is 6. The number of aliphatic imine (C=N–C) groups is 1. The maximum Gasteiger partial charge on any atom is 0.178 e. The van der Waals surface area contributed by atoms with Gasteiger partial charge in [0.25, 0.3) is 0 Å². The quantitative estimate of drug-likeness (QED) is 0.442. The molecule has 1 aromatic carbocycles. The Morgan fingerprint density at radius 3 is 2.79 bits per heavy atom. The van der Waals surface area contributed by atoms with Gasteiger partial charge in [-0.1, -0.05) is 12.1 Å². The Balaban J connectivity index is 1.45. The summed E-state index contributed by atoms with van der Waals surface area (Å²) in [6.45, 7) is 1.96. The largest absolute Gasteiger partial charge is 0.497 e. The van der Waals surface area contributed by atoms with Gasteiger partial charge in [-0.2, -0.15) is 0 Å². The van der Waals surface area contributed by atoms with Crippen molar-refractivity contribution in [1.29, 1.82) is 0 Å². The minimum absolute atomic E-state index is 0.617. The van der Waals surface area contributed by atoms with Gasteiger partial charge in [-0.15, -0.1) is 0 Å². The lowest BCUT2D eigenvalue weighted by molar-refractivity contribution is 0.415. The monoisotopic (exact) mass is 433 g/mol. The number of fused-ring (bicyclic) bond motifs is 2. The van der Waals surface area contributed by atoms with Gasteiger partial charge in [0.2, 0.25) is 0 Å². The third-order valence-corrected chi connectivity index (χ3v) is 5.89. The predicted octanol–water partition coefficient (Wildman–Crippen LogP) is 4.48. The molecule has 0 bridgehead atoms. The Kier molecular flexibility index (Phi) is 4.21. The molecular weight excluding hydrogens is 414 g/mol. The highest BCUT2D eigenvalue weighted by atomic mass is 16.5. The second-order valence-electron chi connectivity index (χ2n) is 7.79. The van der Waals surface area contributed by atoms with Gasteiger partial charge in [-0.05, 0) is 42.8 Å². The van der Waals surface area contributed by atoms with E-state index in [2.05, 4.69) is 25.8 Å². The van der Waals surface area contributed by atoms with Gasteiger partial charge in [-0.3, -0.25) is 0 Å². The Hall–Kier alpha value is -4.55. The van der Waals surface area contributed by atoms with Crippen molar-refractivity contribution in [1.82, 2.24) is 29.5 Å². The number of rotatable bonds is 4. The molecule has 0 saturated carbocycles. The predicted molar refractivity (Wildman–Crippen MR) is 127 cm³/mol. The van der Waals surface area contributed by atoms with Crippen LogP contribution in [-0.4, -0.2) is 42.5 Å². The first-order chi connectivity index (χ1) is 16.1. The molecule has 0 spiro atoms. The van der Waals surface area contributed by atoms with E-state index >= 15 is 0 Å². The van der Waals surface area contributed by atoms with Gasteiger partial charge in [-0.25, -0.2) is 24.9 Å². The summed E-state index contributed by atoms with van der Waals surface area (Å²) in [5.41, 5.74) is 7.41. The van der Waals surface area contributed by atoms with E-state index < -0.39 is 0 Å². The molecule has 5 aromatic rings. The maximum absolute atomic E-state index is 5.39. The Labute approximate surface area is 189 Å². The van der Waals surface area contributed by atoms with Crippen molar-refractivity contribution in [3.05, 3.63) is 72.2 Å². The van der Waals surface area contributed by atoms with Crippen LogP contribution < -0.4 is 4.74 Å². The number of benzene rings is 1. The molecule has 33 heavy (non-hydrogen) atoms. The van der Waals surface area contributed by atoms with Crippen LogP contribution in [0.2, 0.25) is 0 Å². The zero-order valence-corrected chi connectivity index (χ0v) is 18.3. The van der Waals surface area contributed by atoms with Gasteiger partial charge in [0.15, 0.2) is 11.5 Å². The van der Waals surface area contributed by atoms with Crippen LogP contribution in [0.15, 0.2) is 59.9 Å². The van der Waals surface area contributed by atoms with Crippen LogP contribution in [0.1, 0.15) is 17.3 Å². The van der Waals surface area contributed by atoms with E-state index in [1.165, 1.54) is 0 Å². The van der Waals surface area contributed by atoms with E-state index in [0.29, 0.717) is 17.0 Å². The maximum atomic E-state index is 5.39. The van der Waals surface area contributed by atoms with Crippen molar-refractivity contribution in [3.63, 3.8) is 0 Å². The summed E-state index contributed by atoms with van der Waals surface area (Å²) in [4.78, 5) is 26.3. The van der Waals surface area contributed by atoms with Gasteiger partial charge < -0.3 is 14.3 Å². The molecule has 1 aliphatic heterocycles. The molecule has 1 aliphatic rings. The van der Waals surface area contributed by atoms with E-state index in [0.717, 1.165) is 51.0 Å². The number of aromatic amines is 1. The van der Waals surface area contributed by atoms with Crippen LogP contribution in [0.5, 0.6) is 5.75 Å². The Morgan fingerprint density at radius 1 is 1.06 bits per heavy atom. The summed E-state index contributed by atoms with van der Waals surface area (Å²) in [7, 11) is 3.64. The van der Waals surface area contributed by atoms with Crippen molar-refractivity contribution in [2.45, 2.75) is 6.92 Å². The van der Waals surface area contributed by atoms with Crippen LogP contribution in [-0.2, 0) is 7.05 Å². The standard InChI is InChI=1S/C25H19N7O/c1-14-27-13-21(32(14)2)19-7-8-20-22(29-19)18(12-28-20)24-30-23-17(9-10-26-25(23)31-24)15-5-4-6-16(11-15)33-3/h4-11,13H,1-3H3,(H,26,30,31). The molecule has 0 atom stereocenters. The normalized spacial score (nSPS) is 12.3. The summed E-state index contributed by atoms with van der Waals surface area (Å²) in [6, 6.07) is 13.8. The van der Waals surface area contributed by atoms with Gasteiger partial charge >= 0.3 is 0 Å². The molecule has 0 aliphatic carbocycles. The number of methoxy groups -OCH3 is 1. The first-order valence-electron chi connectivity index (χ1n) is 10.5. The van der Waals surface area contributed by atoms with E-state index in [9.17, 15) is 0 Å². The number of aromatic nitrogens is 6. The fraction of sp³-hybridized carbons (Fsp3) is 0.120. The molecule has 1 N–H and O–H groups in total. The third kappa shape index (κ3) is 3.04. The minimum atomic E-state index is 0.617. The third-order valence-electron chi connectivity index (χ3n) is 5.89. The summed E-state index contributed by atoms with van der Waals surface area (Å²) in [5.74, 6) is 5.43. The molecule has 4 aromatic heterocycles. The number of imidazole rings is 2. The van der Waals surface area contributed by atoms with Gasteiger partial charge in [0.05, 0.1) is 30.2 Å². The first-order valence-corrected chi connectivity index (χ1v) is 10.5. The van der Waals surface area contributed by atoms with Crippen molar-refractivity contribution in [3.8, 4) is 28.3 Å². The van der Waals surface area contributed by atoms with Gasteiger partial charge in [0, 0.05) is 24.7 Å². The molecule has 0 fully saturated rings. The first kappa shape index (κ1) is 19.2. The minimum Gasteiger partial charge on any atom is -0.497 e. The molecule has 5 heterocycles. The molecule has 8 heteroatoms. The molecule has 0 saturated heterocycles. The van der Waals surface area contributed by atoms with Crippen LogP contribution >= 0.6 is 0 Å². The van der Waals surface area contributed by atoms with Crippen molar-refractivity contribution >= 4 is 28.3 Å². The van der Waals surface area contributed by atoms with Crippen molar-refractivity contribution in [2.24, 2.45) is 12.0 Å². The number of aryl methyl sites for hydroxylation is 1. The lowest BCUT2D eigenvalue weighted by Gasteiger charge is -2.06. The van der Waals surface area contributed by atoms with E-state index in [4.69, 9.17) is 14.7 Å². The topological polar surface area (TPSA) is 93.9 Å². The number of ether oxygens (including phenoxy) is 1. The fourth-order valence-corrected chi connectivity index (χ4v) is 4.00. The highest BCUT2D eigenvalue weighted by Gasteiger charge is 2.22. The fourth-order valence-electron chi connectivity index (χ4n) is 4.00. The van der Waals surface area contributed by atoms with Crippen LogP contribution in [0.3, 0.4) is 0 Å². The molecule has 0 amide bonds. The van der Waals surface area contributed by atoms with Gasteiger partial charge in [0.1, 0.15) is 28.5 Å². The van der Waals surface area contributed by atoms with E-state index in [1.54, 1.807) is 13.3 Å². The molecular formula is C25H19N7O. The second-order valence-corrected chi connectivity index (χ2v) is 7.79. The second kappa shape index (κ2) is 7.25. The number of hydrogen-bond donors (Lipinski definition) is 1. The van der Waals surface area contributed by atoms with Crippen LogP contribution in [0.4, 0.5) is 5.69 Å². The SMILES string of the molecule is COc1cccc(-c2ccnc3nc(C4=C=Nc5ccc(-c6cnc(C)n6C)nc54)[nH]c23)c1. The molecule has 0 radical (unpaired) electrons. The lowest BCUT2D eigenvalue weighted by Crippen LogP contribution is -1.98.